The topological polar surface area (TPSA) is 68.0 Å². The van der Waals surface area contributed by atoms with Gasteiger partial charge in [0.05, 0.1) is 10.9 Å². The van der Waals surface area contributed by atoms with E-state index in [1.165, 1.54) is 0 Å². The average molecular weight is 339 g/mol. The van der Waals surface area contributed by atoms with E-state index in [0.717, 1.165) is 24.1 Å². The number of benzene rings is 1. The Morgan fingerprint density at radius 1 is 1.29 bits per heavy atom. The van der Waals surface area contributed by atoms with Crippen molar-refractivity contribution in [3.8, 4) is 11.3 Å². The molecule has 2 aromatic heterocycles. The molecular weight excluding hydrogens is 322 g/mol. The lowest BCUT2D eigenvalue weighted by Crippen LogP contribution is -2.25. The molecule has 1 amide bonds. The molecule has 0 bridgehead atoms. The molecule has 122 valence electrons. The number of carbonyl (C=O) groups is 1. The second-order valence-corrected chi connectivity index (χ2v) is 6.37. The highest BCUT2D eigenvalue weighted by atomic mass is 32.1. The van der Waals surface area contributed by atoms with Gasteiger partial charge in [-0.3, -0.25) is 4.79 Å². The third-order valence-electron chi connectivity index (χ3n) is 4.15. The number of fused-ring (bicyclic) bond motifs is 1. The van der Waals surface area contributed by atoms with Crippen LogP contribution in [0.25, 0.3) is 22.4 Å². The normalized spacial score (nSPS) is 14.0. The highest BCUT2D eigenvalue weighted by Gasteiger charge is 2.29. The number of thiol groups is 1. The Hall–Kier alpha value is -2.34. The van der Waals surface area contributed by atoms with E-state index < -0.39 is 0 Å². The van der Waals surface area contributed by atoms with Crippen LogP contribution in [0.4, 0.5) is 0 Å². The lowest BCUT2D eigenvalue weighted by Gasteiger charge is -2.07. The molecule has 5 nitrogen and oxygen atoms in total. The minimum absolute atomic E-state index is 0.140. The molecule has 24 heavy (non-hydrogen) atoms. The van der Waals surface area contributed by atoms with Crippen molar-refractivity contribution in [2.75, 3.05) is 12.3 Å². The molecule has 4 rings (SSSR count). The van der Waals surface area contributed by atoms with Crippen molar-refractivity contribution in [1.29, 1.82) is 0 Å². The first kappa shape index (κ1) is 15.2. The maximum atomic E-state index is 12.7. The van der Waals surface area contributed by atoms with Crippen molar-refractivity contribution in [1.82, 2.24) is 15.5 Å². The van der Waals surface area contributed by atoms with Crippen molar-refractivity contribution in [3.05, 3.63) is 47.7 Å². The summed E-state index contributed by atoms with van der Waals surface area (Å²) in [4.78, 5) is 17.2. The first-order valence-corrected chi connectivity index (χ1v) is 8.66. The smallest absolute Gasteiger partial charge is 0.259 e. The maximum Gasteiger partial charge on any atom is 0.259 e. The van der Waals surface area contributed by atoms with E-state index in [0.29, 0.717) is 40.6 Å². The van der Waals surface area contributed by atoms with Gasteiger partial charge in [-0.2, -0.15) is 12.6 Å². The van der Waals surface area contributed by atoms with E-state index in [4.69, 9.17) is 4.52 Å². The van der Waals surface area contributed by atoms with Crippen molar-refractivity contribution in [3.63, 3.8) is 0 Å². The van der Waals surface area contributed by atoms with Gasteiger partial charge in [0.2, 0.25) is 0 Å². The summed E-state index contributed by atoms with van der Waals surface area (Å²) in [5.41, 5.74) is 3.46. The van der Waals surface area contributed by atoms with Gasteiger partial charge in [0.25, 0.3) is 11.6 Å². The predicted molar refractivity (Wildman–Crippen MR) is 95.4 cm³/mol. The lowest BCUT2D eigenvalue weighted by molar-refractivity contribution is 0.0957. The first-order valence-electron chi connectivity index (χ1n) is 8.02. The maximum absolute atomic E-state index is 12.7. The molecule has 6 heteroatoms. The molecule has 0 unspecified atom stereocenters. The van der Waals surface area contributed by atoms with Gasteiger partial charge in [0.15, 0.2) is 0 Å². The van der Waals surface area contributed by atoms with Crippen molar-refractivity contribution in [2.24, 2.45) is 0 Å². The minimum atomic E-state index is -0.140. The summed E-state index contributed by atoms with van der Waals surface area (Å²) in [5, 5.41) is 7.73. The third-order valence-corrected chi connectivity index (χ3v) is 4.37. The standard InChI is InChI=1S/C18H17N3O2S/c22-17(19-8-9-24)13-10-14(11-6-7-11)20-18-15(13)16(21-23-18)12-4-2-1-3-5-12/h1-5,10-11,24H,6-9H2,(H,19,22). The number of nitrogens with one attached hydrogen (secondary N) is 1. The minimum Gasteiger partial charge on any atom is -0.351 e. The molecule has 1 aromatic carbocycles. The van der Waals surface area contributed by atoms with Gasteiger partial charge >= 0.3 is 0 Å². The molecule has 0 radical (unpaired) electrons. The quantitative estimate of drug-likeness (QED) is 0.699. The van der Waals surface area contributed by atoms with Crippen LogP contribution in [0.2, 0.25) is 0 Å². The zero-order valence-corrected chi connectivity index (χ0v) is 13.9. The molecule has 0 aliphatic heterocycles. The number of hydrogen-bond donors (Lipinski definition) is 2. The molecule has 1 saturated carbocycles. The van der Waals surface area contributed by atoms with Crippen molar-refractivity contribution >= 4 is 29.6 Å². The summed E-state index contributed by atoms with van der Waals surface area (Å²) in [6.45, 7) is 0.510. The van der Waals surface area contributed by atoms with Crippen LogP contribution in [-0.2, 0) is 0 Å². The zero-order valence-electron chi connectivity index (χ0n) is 13.0. The number of hydrogen-bond acceptors (Lipinski definition) is 5. The van der Waals surface area contributed by atoms with Gasteiger partial charge < -0.3 is 9.84 Å². The largest absolute Gasteiger partial charge is 0.351 e. The molecule has 1 aliphatic carbocycles. The first-order chi connectivity index (χ1) is 11.8. The van der Waals surface area contributed by atoms with E-state index in [9.17, 15) is 4.79 Å². The Morgan fingerprint density at radius 2 is 2.08 bits per heavy atom. The highest BCUT2D eigenvalue weighted by molar-refractivity contribution is 7.80. The number of nitrogens with zero attached hydrogens (tertiary/aromatic N) is 2. The summed E-state index contributed by atoms with van der Waals surface area (Å²) < 4.78 is 5.46. The Kier molecular flexibility index (Phi) is 3.98. The fourth-order valence-corrected chi connectivity index (χ4v) is 2.91. The summed E-state index contributed by atoms with van der Waals surface area (Å²) in [5.74, 6) is 0.875. The van der Waals surface area contributed by atoms with Gasteiger partial charge in [-0.05, 0) is 18.9 Å². The van der Waals surface area contributed by atoms with E-state index in [2.05, 4.69) is 28.1 Å². The lowest BCUT2D eigenvalue weighted by atomic mass is 10.0. The number of pyridine rings is 1. The Morgan fingerprint density at radius 3 is 2.79 bits per heavy atom. The number of aromatic nitrogens is 2. The molecule has 1 N–H and O–H groups in total. The van der Waals surface area contributed by atoms with Crippen LogP contribution in [0.1, 0.15) is 34.8 Å². The molecule has 0 atom stereocenters. The van der Waals surface area contributed by atoms with Crippen LogP contribution in [0.5, 0.6) is 0 Å². The molecule has 1 aliphatic rings. The van der Waals surface area contributed by atoms with Crippen LogP contribution in [0, 0.1) is 0 Å². The van der Waals surface area contributed by atoms with Crippen molar-refractivity contribution in [2.45, 2.75) is 18.8 Å². The zero-order chi connectivity index (χ0) is 16.5. The summed E-state index contributed by atoms with van der Waals surface area (Å²) in [7, 11) is 0. The second kappa shape index (κ2) is 6.28. The molecular formula is C18H17N3O2S. The Bertz CT molecular complexity index is 888. The number of carbonyl (C=O) groups excluding carboxylic acids is 1. The summed E-state index contributed by atoms with van der Waals surface area (Å²) >= 11 is 4.15. The molecule has 0 saturated heterocycles. The van der Waals surface area contributed by atoms with Gasteiger partial charge in [-0.1, -0.05) is 35.5 Å². The average Bonchev–Trinajstić information content (AvgIpc) is 3.39. The van der Waals surface area contributed by atoms with Crippen LogP contribution in [0.3, 0.4) is 0 Å². The fraction of sp³-hybridized carbons (Fsp3) is 0.278. The van der Waals surface area contributed by atoms with Crippen LogP contribution in [0.15, 0.2) is 40.9 Å². The van der Waals surface area contributed by atoms with Gasteiger partial charge in [-0.15, -0.1) is 0 Å². The summed E-state index contributed by atoms with van der Waals surface area (Å²) in [6.07, 6.45) is 2.21. The molecule has 3 aromatic rings. The summed E-state index contributed by atoms with van der Waals surface area (Å²) in [6, 6.07) is 11.6. The van der Waals surface area contributed by atoms with Crippen molar-refractivity contribution < 1.29 is 9.32 Å². The van der Waals surface area contributed by atoms with E-state index in [-0.39, 0.29) is 5.91 Å². The Labute approximate surface area is 144 Å². The third kappa shape index (κ3) is 2.78. The molecule has 2 heterocycles. The van der Waals surface area contributed by atoms with Crippen LogP contribution < -0.4 is 5.32 Å². The monoisotopic (exact) mass is 339 g/mol. The van der Waals surface area contributed by atoms with E-state index in [1.807, 2.05) is 36.4 Å². The molecule has 1 fully saturated rings. The van der Waals surface area contributed by atoms with E-state index >= 15 is 0 Å². The van der Waals surface area contributed by atoms with E-state index in [1.54, 1.807) is 0 Å². The fourth-order valence-electron chi connectivity index (χ4n) is 2.80. The van der Waals surface area contributed by atoms with Gasteiger partial charge in [0, 0.05) is 29.5 Å². The number of amides is 1. The molecule has 0 spiro atoms. The SMILES string of the molecule is O=C(NCCS)c1cc(C2CC2)nc2onc(-c3ccccc3)c12. The Balaban J connectivity index is 1.88. The second-order valence-electron chi connectivity index (χ2n) is 5.93. The predicted octanol–water partition coefficient (Wildman–Crippen LogP) is 3.43. The van der Waals surface area contributed by atoms with Gasteiger partial charge in [-0.25, -0.2) is 4.98 Å². The number of rotatable bonds is 5. The van der Waals surface area contributed by atoms with Gasteiger partial charge in [0.1, 0.15) is 5.69 Å². The van der Waals surface area contributed by atoms with Crippen LogP contribution >= 0.6 is 12.6 Å². The van der Waals surface area contributed by atoms with Crippen LogP contribution in [-0.4, -0.2) is 28.3 Å². The highest BCUT2D eigenvalue weighted by Crippen LogP contribution is 2.41.